The number of nitrogens with zero attached hydrogens (tertiary/aromatic N) is 6. The molecule has 7 nitrogen and oxygen atoms in total. The Morgan fingerprint density at radius 1 is 1.15 bits per heavy atom. The maximum Gasteiger partial charge on any atom is 0.231 e. The first-order valence-corrected chi connectivity index (χ1v) is 7.92. The van der Waals surface area contributed by atoms with E-state index < -0.39 is 0 Å². The van der Waals surface area contributed by atoms with Gasteiger partial charge in [-0.1, -0.05) is 0 Å². The van der Waals surface area contributed by atoms with Crippen LogP contribution in [0.3, 0.4) is 0 Å². The van der Waals surface area contributed by atoms with Crippen LogP contribution in [0.1, 0.15) is 19.7 Å². The Hall–Kier alpha value is -1.48. The van der Waals surface area contributed by atoms with E-state index in [0.29, 0.717) is 17.1 Å². The van der Waals surface area contributed by atoms with Gasteiger partial charge in [-0.25, -0.2) is 4.98 Å². The maximum atomic E-state index is 4.49. The standard InChI is InChI=1S/C11H17N7S2/c1-5-18(6-2)9-14-8(12-4)15-10(16-9)19-11-13-7(3)17-20-11/h5-6H2,1-4H3,(H,12,14,15,16). The third-order valence-corrected chi connectivity index (χ3v) is 4.27. The molecule has 1 N–H and O–H groups in total. The average Bonchev–Trinajstić information content (AvgIpc) is 2.85. The first-order chi connectivity index (χ1) is 9.66. The van der Waals surface area contributed by atoms with E-state index in [2.05, 4.69) is 48.4 Å². The highest BCUT2D eigenvalue weighted by Crippen LogP contribution is 2.27. The molecule has 0 aliphatic heterocycles. The van der Waals surface area contributed by atoms with Gasteiger partial charge >= 0.3 is 0 Å². The molecule has 0 amide bonds. The molecule has 0 aliphatic rings. The van der Waals surface area contributed by atoms with Crippen LogP contribution >= 0.6 is 23.3 Å². The third kappa shape index (κ3) is 3.54. The topological polar surface area (TPSA) is 79.7 Å². The lowest BCUT2D eigenvalue weighted by atomic mass is 10.5. The van der Waals surface area contributed by atoms with Crippen LogP contribution in [0.15, 0.2) is 9.50 Å². The molecule has 0 saturated heterocycles. The Morgan fingerprint density at radius 3 is 2.45 bits per heavy atom. The number of hydrogen-bond donors (Lipinski definition) is 1. The van der Waals surface area contributed by atoms with E-state index in [-0.39, 0.29) is 0 Å². The fraction of sp³-hybridized carbons (Fsp3) is 0.545. The van der Waals surface area contributed by atoms with Crippen LogP contribution in [0.2, 0.25) is 0 Å². The number of nitrogens with one attached hydrogen (secondary N) is 1. The van der Waals surface area contributed by atoms with Gasteiger partial charge in [0.25, 0.3) is 0 Å². The summed E-state index contributed by atoms with van der Waals surface area (Å²) in [6.07, 6.45) is 0. The van der Waals surface area contributed by atoms with Gasteiger partial charge < -0.3 is 10.2 Å². The predicted molar refractivity (Wildman–Crippen MR) is 81.7 cm³/mol. The van der Waals surface area contributed by atoms with E-state index in [1.165, 1.54) is 23.3 Å². The van der Waals surface area contributed by atoms with Crippen molar-refractivity contribution in [1.29, 1.82) is 0 Å². The predicted octanol–water partition coefficient (Wildman–Crippen LogP) is 2.07. The van der Waals surface area contributed by atoms with Gasteiger partial charge in [-0.3, -0.25) is 0 Å². The van der Waals surface area contributed by atoms with Crippen molar-refractivity contribution in [1.82, 2.24) is 24.3 Å². The molecule has 0 radical (unpaired) electrons. The van der Waals surface area contributed by atoms with Crippen molar-refractivity contribution in [3.05, 3.63) is 5.82 Å². The zero-order chi connectivity index (χ0) is 14.5. The van der Waals surface area contributed by atoms with Gasteiger partial charge in [0, 0.05) is 20.1 Å². The number of anilines is 2. The van der Waals surface area contributed by atoms with Crippen molar-refractivity contribution < 1.29 is 0 Å². The van der Waals surface area contributed by atoms with Crippen LogP contribution in [0.5, 0.6) is 0 Å². The van der Waals surface area contributed by atoms with E-state index in [4.69, 9.17) is 0 Å². The van der Waals surface area contributed by atoms with Gasteiger partial charge in [0.15, 0.2) is 4.34 Å². The summed E-state index contributed by atoms with van der Waals surface area (Å²) in [5.74, 6) is 2.01. The Balaban J connectivity index is 2.29. The number of hydrogen-bond acceptors (Lipinski definition) is 9. The molecular formula is C11H17N7S2. The average molecular weight is 311 g/mol. The quantitative estimate of drug-likeness (QED) is 0.868. The van der Waals surface area contributed by atoms with Crippen molar-refractivity contribution in [3.8, 4) is 0 Å². The summed E-state index contributed by atoms with van der Waals surface area (Å²) < 4.78 is 4.99. The van der Waals surface area contributed by atoms with Gasteiger partial charge in [0.05, 0.1) is 0 Å². The van der Waals surface area contributed by atoms with Crippen LogP contribution in [-0.4, -0.2) is 44.4 Å². The smallest absolute Gasteiger partial charge is 0.231 e. The van der Waals surface area contributed by atoms with Gasteiger partial charge in [-0.15, -0.1) is 0 Å². The van der Waals surface area contributed by atoms with E-state index >= 15 is 0 Å². The molecule has 0 aliphatic carbocycles. The molecule has 0 atom stereocenters. The van der Waals surface area contributed by atoms with Crippen LogP contribution in [0.4, 0.5) is 11.9 Å². The van der Waals surface area contributed by atoms with E-state index in [1.807, 2.05) is 6.92 Å². The second-order valence-electron chi connectivity index (χ2n) is 3.87. The molecule has 0 fully saturated rings. The van der Waals surface area contributed by atoms with Crippen molar-refractivity contribution in [3.63, 3.8) is 0 Å². The van der Waals surface area contributed by atoms with Crippen molar-refractivity contribution in [2.45, 2.75) is 30.3 Å². The Kier molecular flexibility index (Phi) is 5.07. The zero-order valence-electron chi connectivity index (χ0n) is 11.9. The summed E-state index contributed by atoms with van der Waals surface area (Å²) in [6.45, 7) is 7.73. The first kappa shape index (κ1) is 14.9. The Bertz CT molecular complexity index is 568. The SMILES string of the molecule is CCN(CC)c1nc(NC)nc(Sc2nc(C)ns2)n1. The normalized spacial score (nSPS) is 10.6. The molecule has 2 rings (SSSR count). The third-order valence-electron chi connectivity index (χ3n) is 2.56. The van der Waals surface area contributed by atoms with E-state index in [9.17, 15) is 0 Å². The molecular weight excluding hydrogens is 294 g/mol. The number of aromatic nitrogens is 5. The molecule has 2 aromatic heterocycles. The molecule has 0 aromatic carbocycles. The highest BCUT2D eigenvalue weighted by molar-refractivity contribution is 8.00. The van der Waals surface area contributed by atoms with Gasteiger partial charge in [-0.2, -0.15) is 19.3 Å². The van der Waals surface area contributed by atoms with Gasteiger partial charge in [-0.05, 0) is 44.1 Å². The molecule has 2 aromatic rings. The van der Waals surface area contributed by atoms with Crippen molar-refractivity contribution in [2.24, 2.45) is 0 Å². The minimum atomic E-state index is 0.561. The minimum absolute atomic E-state index is 0.561. The molecule has 9 heteroatoms. The fourth-order valence-electron chi connectivity index (χ4n) is 1.55. The van der Waals surface area contributed by atoms with Gasteiger partial charge in [0.2, 0.25) is 17.1 Å². The summed E-state index contributed by atoms with van der Waals surface area (Å²) in [4.78, 5) is 19.6. The summed E-state index contributed by atoms with van der Waals surface area (Å²) in [7, 11) is 1.80. The molecule has 0 bridgehead atoms. The Morgan fingerprint density at radius 2 is 1.90 bits per heavy atom. The molecule has 0 unspecified atom stereocenters. The summed E-state index contributed by atoms with van der Waals surface area (Å²) in [5, 5.41) is 3.59. The minimum Gasteiger partial charge on any atom is -0.357 e. The molecule has 0 spiro atoms. The monoisotopic (exact) mass is 311 g/mol. The highest BCUT2D eigenvalue weighted by Gasteiger charge is 2.13. The lowest BCUT2D eigenvalue weighted by Gasteiger charge is -2.18. The maximum absolute atomic E-state index is 4.49. The largest absolute Gasteiger partial charge is 0.357 e. The fourth-order valence-corrected chi connectivity index (χ4v) is 3.05. The van der Waals surface area contributed by atoms with E-state index in [0.717, 1.165) is 23.3 Å². The van der Waals surface area contributed by atoms with Crippen molar-refractivity contribution >= 4 is 35.2 Å². The molecule has 20 heavy (non-hydrogen) atoms. The van der Waals surface area contributed by atoms with Crippen LogP contribution in [0, 0.1) is 6.92 Å². The molecule has 0 saturated carbocycles. The number of aryl methyl sites for hydroxylation is 1. The molecule has 108 valence electrons. The lowest BCUT2D eigenvalue weighted by molar-refractivity contribution is 0.784. The van der Waals surface area contributed by atoms with Crippen LogP contribution in [0.25, 0.3) is 0 Å². The summed E-state index contributed by atoms with van der Waals surface area (Å²) in [6, 6.07) is 0. The summed E-state index contributed by atoms with van der Waals surface area (Å²) in [5.41, 5.74) is 0. The van der Waals surface area contributed by atoms with Crippen LogP contribution < -0.4 is 10.2 Å². The van der Waals surface area contributed by atoms with Crippen LogP contribution in [-0.2, 0) is 0 Å². The first-order valence-electron chi connectivity index (χ1n) is 6.33. The highest BCUT2D eigenvalue weighted by atomic mass is 32.2. The Labute approximate surface area is 126 Å². The second-order valence-corrected chi connectivity index (χ2v) is 5.84. The van der Waals surface area contributed by atoms with E-state index in [1.54, 1.807) is 7.05 Å². The van der Waals surface area contributed by atoms with Gasteiger partial charge in [0.1, 0.15) is 5.82 Å². The second kappa shape index (κ2) is 6.80. The van der Waals surface area contributed by atoms with Crippen molar-refractivity contribution in [2.75, 3.05) is 30.4 Å². The summed E-state index contributed by atoms with van der Waals surface area (Å²) >= 11 is 2.76. The zero-order valence-corrected chi connectivity index (χ0v) is 13.5. The molecule has 2 heterocycles. The number of rotatable bonds is 6. The lowest BCUT2D eigenvalue weighted by Crippen LogP contribution is -2.25.